The molecule has 0 radical (unpaired) electrons. The maximum atomic E-state index is 13.0. The molecule has 2 amide bonds. The van der Waals surface area contributed by atoms with Crippen molar-refractivity contribution < 1.29 is 31.9 Å². The zero-order valence-corrected chi connectivity index (χ0v) is 12.1. The van der Waals surface area contributed by atoms with Gasteiger partial charge in [0, 0.05) is 19.6 Å². The zero-order chi connectivity index (χ0) is 16.9. The quantitative estimate of drug-likeness (QED) is 0.656. The molecule has 0 spiro atoms. The van der Waals surface area contributed by atoms with Gasteiger partial charge >= 0.3 is 12.2 Å². The monoisotopic (exact) mass is 336 g/mol. The molecule has 0 aromatic heterocycles. The number of urea groups is 1. The SMILES string of the molecule is O=C(NCc1ccc(F)cc1C(F)(F)F)NO[C@@H]1CCCCO1. The molecular formula is C14H16F4N2O3. The molecule has 128 valence electrons. The lowest BCUT2D eigenvalue weighted by Gasteiger charge is -2.22. The molecule has 1 heterocycles. The number of hydroxylamine groups is 1. The Bertz CT molecular complexity index is 545. The summed E-state index contributed by atoms with van der Waals surface area (Å²) in [7, 11) is 0. The lowest BCUT2D eigenvalue weighted by atomic mass is 10.1. The van der Waals surface area contributed by atoms with Gasteiger partial charge in [-0.15, -0.1) is 0 Å². The highest BCUT2D eigenvalue weighted by atomic mass is 19.4. The Hall–Kier alpha value is -1.87. The van der Waals surface area contributed by atoms with Gasteiger partial charge < -0.3 is 10.1 Å². The molecule has 0 bridgehead atoms. The van der Waals surface area contributed by atoms with E-state index in [0.717, 1.165) is 25.0 Å². The average molecular weight is 336 g/mol. The summed E-state index contributed by atoms with van der Waals surface area (Å²) in [5, 5.41) is 2.22. The third-order valence-electron chi connectivity index (χ3n) is 3.24. The van der Waals surface area contributed by atoms with E-state index in [-0.39, 0.29) is 5.56 Å². The lowest BCUT2D eigenvalue weighted by Crippen LogP contribution is -2.39. The Morgan fingerprint density at radius 2 is 2.13 bits per heavy atom. The van der Waals surface area contributed by atoms with E-state index in [9.17, 15) is 22.4 Å². The van der Waals surface area contributed by atoms with Crippen LogP contribution < -0.4 is 10.8 Å². The number of rotatable bonds is 4. The molecular weight excluding hydrogens is 320 g/mol. The van der Waals surface area contributed by atoms with E-state index in [4.69, 9.17) is 9.57 Å². The van der Waals surface area contributed by atoms with Crippen LogP contribution in [0, 0.1) is 5.82 Å². The fourth-order valence-electron chi connectivity index (χ4n) is 2.10. The summed E-state index contributed by atoms with van der Waals surface area (Å²) in [6, 6.07) is 1.46. The van der Waals surface area contributed by atoms with Crippen molar-refractivity contribution in [3.8, 4) is 0 Å². The second-order valence-electron chi connectivity index (χ2n) is 5.00. The third-order valence-corrected chi connectivity index (χ3v) is 3.24. The van der Waals surface area contributed by atoms with Crippen LogP contribution in [0.4, 0.5) is 22.4 Å². The van der Waals surface area contributed by atoms with Crippen LogP contribution in [-0.2, 0) is 22.3 Å². The van der Waals surface area contributed by atoms with Gasteiger partial charge in [0.1, 0.15) is 5.82 Å². The Morgan fingerprint density at radius 1 is 1.35 bits per heavy atom. The molecule has 0 saturated carbocycles. The van der Waals surface area contributed by atoms with Crippen molar-refractivity contribution >= 4 is 6.03 Å². The van der Waals surface area contributed by atoms with Crippen molar-refractivity contribution in [2.45, 2.75) is 38.3 Å². The van der Waals surface area contributed by atoms with E-state index < -0.39 is 36.4 Å². The minimum atomic E-state index is -4.71. The molecule has 9 heteroatoms. The first-order valence-electron chi connectivity index (χ1n) is 7.03. The summed E-state index contributed by atoms with van der Waals surface area (Å²) in [5.41, 5.74) is 0.684. The van der Waals surface area contributed by atoms with Crippen molar-refractivity contribution in [1.29, 1.82) is 0 Å². The molecule has 1 atom stereocenters. The Balaban J connectivity index is 1.86. The molecule has 1 saturated heterocycles. The maximum Gasteiger partial charge on any atom is 0.416 e. The summed E-state index contributed by atoms with van der Waals surface area (Å²) in [6.45, 7) is 0.105. The van der Waals surface area contributed by atoms with Crippen molar-refractivity contribution in [3.05, 3.63) is 35.1 Å². The standard InChI is InChI=1S/C14H16F4N2O3/c15-10-5-4-9(11(7-10)14(16,17)18)8-19-13(21)20-23-12-3-1-2-6-22-12/h4-5,7,12H,1-3,6,8H2,(H2,19,20,21)/t12-/m1/s1. The number of hydrogen-bond acceptors (Lipinski definition) is 3. The van der Waals surface area contributed by atoms with Crippen molar-refractivity contribution in [2.75, 3.05) is 6.61 Å². The van der Waals surface area contributed by atoms with Gasteiger partial charge in [0.2, 0.25) is 0 Å². The smallest absolute Gasteiger partial charge is 0.350 e. The minimum absolute atomic E-state index is 0.247. The Kier molecular flexibility index (Phi) is 5.78. The molecule has 1 aliphatic rings. The number of benzene rings is 1. The van der Waals surface area contributed by atoms with Gasteiger partial charge in [-0.1, -0.05) is 6.07 Å². The van der Waals surface area contributed by atoms with Crippen LogP contribution in [-0.4, -0.2) is 18.9 Å². The summed E-state index contributed by atoms with van der Waals surface area (Å²) < 4.78 is 56.6. The summed E-state index contributed by atoms with van der Waals surface area (Å²) in [5.74, 6) is -0.997. The van der Waals surface area contributed by atoms with Gasteiger partial charge in [0.25, 0.3) is 0 Å². The third kappa shape index (κ3) is 5.36. The van der Waals surface area contributed by atoms with Crippen LogP contribution in [0.5, 0.6) is 0 Å². The van der Waals surface area contributed by atoms with Crippen LogP contribution in [0.1, 0.15) is 30.4 Å². The molecule has 23 heavy (non-hydrogen) atoms. The van der Waals surface area contributed by atoms with E-state index >= 15 is 0 Å². The molecule has 2 N–H and O–H groups in total. The van der Waals surface area contributed by atoms with Crippen molar-refractivity contribution in [2.24, 2.45) is 0 Å². The Labute approximate surface area is 129 Å². The van der Waals surface area contributed by atoms with Crippen LogP contribution in [0.15, 0.2) is 18.2 Å². The first-order valence-corrected chi connectivity index (χ1v) is 7.03. The number of carbonyl (C=O) groups excluding carboxylic acids is 1. The van der Waals surface area contributed by atoms with E-state index in [1.54, 1.807) is 0 Å². The topological polar surface area (TPSA) is 59.6 Å². The molecule has 2 rings (SSSR count). The van der Waals surface area contributed by atoms with E-state index in [0.29, 0.717) is 19.1 Å². The number of hydrogen-bond donors (Lipinski definition) is 2. The summed E-state index contributed by atoms with van der Waals surface area (Å²) in [6.07, 6.45) is -2.83. The van der Waals surface area contributed by atoms with Crippen molar-refractivity contribution in [3.63, 3.8) is 0 Å². The van der Waals surface area contributed by atoms with Gasteiger partial charge in [-0.2, -0.15) is 13.2 Å². The second kappa shape index (κ2) is 7.60. The predicted molar refractivity (Wildman–Crippen MR) is 71.4 cm³/mol. The van der Waals surface area contributed by atoms with Gasteiger partial charge in [-0.3, -0.25) is 0 Å². The molecule has 0 unspecified atom stereocenters. The number of halogens is 4. The van der Waals surface area contributed by atoms with Crippen molar-refractivity contribution in [1.82, 2.24) is 10.8 Å². The highest BCUT2D eigenvalue weighted by Crippen LogP contribution is 2.32. The van der Waals surface area contributed by atoms with Gasteiger partial charge in [-0.25, -0.2) is 19.5 Å². The van der Waals surface area contributed by atoms with E-state index in [1.165, 1.54) is 0 Å². The van der Waals surface area contributed by atoms with Crippen LogP contribution in [0.25, 0.3) is 0 Å². The molecule has 1 aromatic rings. The fraction of sp³-hybridized carbons (Fsp3) is 0.500. The normalized spacial score (nSPS) is 18.5. The van der Waals surface area contributed by atoms with E-state index in [2.05, 4.69) is 10.8 Å². The molecule has 5 nitrogen and oxygen atoms in total. The first kappa shape index (κ1) is 17.5. The average Bonchev–Trinajstić information content (AvgIpc) is 2.52. The number of carbonyl (C=O) groups is 1. The number of nitrogens with one attached hydrogen (secondary N) is 2. The molecule has 0 aliphatic carbocycles. The second-order valence-corrected chi connectivity index (χ2v) is 5.00. The van der Waals surface area contributed by atoms with Gasteiger partial charge in [-0.05, 0) is 30.5 Å². The fourth-order valence-corrected chi connectivity index (χ4v) is 2.10. The molecule has 1 aliphatic heterocycles. The molecule has 1 aromatic carbocycles. The molecule has 1 fully saturated rings. The minimum Gasteiger partial charge on any atom is -0.350 e. The van der Waals surface area contributed by atoms with Crippen LogP contribution in [0.2, 0.25) is 0 Å². The zero-order valence-electron chi connectivity index (χ0n) is 12.1. The highest BCUT2D eigenvalue weighted by Gasteiger charge is 2.33. The maximum absolute atomic E-state index is 13.0. The predicted octanol–water partition coefficient (Wildman–Crippen LogP) is 3.10. The lowest BCUT2D eigenvalue weighted by molar-refractivity contribution is -0.186. The largest absolute Gasteiger partial charge is 0.416 e. The van der Waals surface area contributed by atoms with Crippen LogP contribution in [0.3, 0.4) is 0 Å². The number of ether oxygens (including phenoxy) is 1. The number of amides is 2. The number of alkyl halides is 3. The first-order chi connectivity index (χ1) is 10.9. The summed E-state index contributed by atoms with van der Waals surface area (Å²) in [4.78, 5) is 16.5. The summed E-state index contributed by atoms with van der Waals surface area (Å²) >= 11 is 0. The van der Waals surface area contributed by atoms with Gasteiger partial charge in [0.05, 0.1) is 5.56 Å². The Morgan fingerprint density at radius 3 is 2.78 bits per heavy atom. The van der Waals surface area contributed by atoms with Crippen LogP contribution >= 0.6 is 0 Å². The van der Waals surface area contributed by atoms with Gasteiger partial charge in [0.15, 0.2) is 6.29 Å². The highest BCUT2D eigenvalue weighted by molar-refractivity contribution is 5.72. The van der Waals surface area contributed by atoms with E-state index in [1.807, 2.05) is 0 Å².